The van der Waals surface area contributed by atoms with Crippen LogP contribution < -0.4 is 20.9 Å². The number of halogens is 4. The van der Waals surface area contributed by atoms with Gasteiger partial charge in [0, 0.05) is 31.9 Å². The van der Waals surface area contributed by atoms with E-state index in [-0.39, 0.29) is 36.6 Å². The van der Waals surface area contributed by atoms with Crippen molar-refractivity contribution in [3.05, 3.63) is 59.9 Å². The molecule has 3 rings (SSSR count). The van der Waals surface area contributed by atoms with E-state index in [1.807, 2.05) is 18.2 Å². The molecule has 0 radical (unpaired) electrons. The van der Waals surface area contributed by atoms with Gasteiger partial charge in [0.2, 0.25) is 5.91 Å². The number of carbonyl (C=O) groups excluding carboxylic acids is 1. The Morgan fingerprint density at radius 3 is 2.57 bits per heavy atom. The standard InChI is InChI=1S/C20H22F3N5O.HI/c1-24-20(26-13-9-10-28(12-13)14-5-3-2-4-6-14)25-11-17(29)27-16-8-7-15(21)18(22)19(16)23;/h2-8,13H,9-12H2,1H3,(H,27,29)(H2,24,25,26);1H. The maximum absolute atomic E-state index is 13.6. The maximum Gasteiger partial charge on any atom is 0.243 e. The summed E-state index contributed by atoms with van der Waals surface area (Å²) in [6.07, 6.45) is 0.905. The molecule has 1 amide bonds. The number of nitrogens with zero attached hydrogens (tertiary/aromatic N) is 2. The highest BCUT2D eigenvalue weighted by atomic mass is 127. The zero-order valence-electron chi connectivity index (χ0n) is 16.3. The van der Waals surface area contributed by atoms with Gasteiger partial charge in [0.25, 0.3) is 0 Å². The van der Waals surface area contributed by atoms with Crippen molar-refractivity contribution in [3.8, 4) is 0 Å². The molecule has 1 unspecified atom stereocenters. The Labute approximate surface area is 190 Å². The van der Waals surface area contributed by atoms with Gasteiger partial charge in [0.1, 0.15) is 0 Å². The van der Waals surface area contributed by atoms with Gasteiger partial charge in [-0.25, -0.2) is 13.2 Å². The quantitative estimate of drug-likeness (QED) is 0.239. The largest absolute Gasteiger partial charge is 0.369 e. The Hall–Kier alpha value is -2.50. The van der Waals surface area contributed by atoms with Crippen LogP contribution >= 0.6 is 24.0 Å². The van der Waals surface area contributed by atoms with Gasteiger partial charge in [-0.15, -0.1) is 24.0 Å². The van der Waals surface area contributed by atoms with E-state index in [0.29, 0.717) is 5.96 Å². The van der Waals surface area contributed by atoms with Crippen LogP contribution in [-0.4, -0.2) is 44.6 Å². The predicted molar refractivity (Wildman–Crippen MR) is 122 cm³/mol. The molecule has 30 heavy (non-hydrogen) atoms. The van der Waals surface area contributed by atoms with Crippen LogP contribution in [-0.2, 0) is 4.79 Å². The highest BCUT2D eigenvalue weighted by Crippen LogP contribution is 2.20. The lowest BCUT2D eigenvalue weighted by Crippen LogP contribution is -2.46. The van der Waals surface area contributed by atoms with Gasteiger partial charge in [-0.3, -0.25) is 9.79 Å². The summed E-state index contributed by atoms with van der Waals surface area (Å²) in [6.45, 7) is 1.47. The van der Waals surface area contributed by atoms with E-state index in [4.69, 9.17) is 0 Å². The number of rotatable bonds is 5. The van der Waals surface area contributed by atoms with Crippen LogP contribution in [0.25, 0.3) is 0 Å². The Kier molecular flexibility index (Phi) is 8.75. The second kappa shape index (κ2) is 11.0. The molecule has 1 fully saturated rings. The first-order valence-electron chi connectivity index (χ1n) is 9.18. The summed E-state index contributed by atoms with van der Waals surface area (Å²) in [5, 5.41) is 8.29. The first-order valence-corrected chi connectivity index (χ1v) is 9.18. The molecule has 162 valence electrons. The Morgan fingerprint density at radius 1 is 1.13 bits per heavy atom. The average Bonchev–Trinajstić information content (AvgIpc) is 3.21. The Balaban J connectivity index is 0.00000320. The molecule has 1 heterocycles. The number of nitrogens with one attached hydrogen (secondary N) is 3. The predicted octanol–water partition coefficient (Wildman–Crippen LogP) is 3.10. The molecule has 0 saturated carbocycles. The lowest BCUT2D eigenvalue weighted by atomic mass is 10.2. The van der Waals surface area contributed by atoms with Crippen LogP contribution in [0.15, 0.2) is 47.5 Å². The van der Waals surface area contributed by atoms with Gasteiger partial charge in [-0.2, -0.15) is 0 Å². The highest BCUT2D eigenvalue weighted by molar-refractivity contribution is 14.0. The molecule has 1 saturated heterocycles. The molecule has 0 aromatic heterocycles. The molecule has 0 bridgehead atoms. The molecule has 6 nitrogen and oxygen atoms in total. The van der Waals surface area contributed by atoms with Crippen molar-refractivity contribution < 1.29 is 18.0 Å². The van der Waals surface area contributed by atoms with E-state index in [1.165, 1.54) is 0 Å². The third kappa shape index (κ3) is 6.00. The topological polar surface area (TPSA) is 68.8 Å². The lowest BCUT2D eigenvalue weighted by molar-refractivity contribution is -0.115. The number of guanidine groups is 1. The van der Waals surface area contributed by atoms with Gasteiger partial charge in [0.05, 0.1) is 12.2 Å². The van der Waals surface area contributed by atoms with E-state index in [9.17, 15) is 18.0 Å². The van der Waals surface area contributed by atoms with Crippen LogP contribution in [0.2, 0.25) is 0 Å². The van der Waals surface area contributed by atoms with E-state index in [2.05, 4.69) is 38.0 Å². The third-order valence-electron chi connectivity index (χ3n) is 4.60. The number of aliphatic imine (C=N–C) groups is 1. The minimum absolute atomic E-state index is 0. The fourth-order valence-corrected chi connectivity index (χ4v) is 3.12. The van der Waals surface area contributed by atoms with Gasteiger partial charge < -0.3 is 20.9 Å². The zero-order valence-corrected chi connectivity index (χ0v) is 18.6. The van der Waals surface area contributed by atoms with Crippen LogP contribution in [0.1, 0.15) is 6.42 Å². The molecule has 0 spiro atoms. The summed E-state index contributed by atoms with van der Waals surface area (Å²) in [5.74, 6) is -4.57. The number of hydrogen-bond donors (Lipinski definition) is 3. The van der Waals surface area contributed by atoms with Crippen molar-refractivity contribution in [2.45, 2.75) is 12.5 Å². The molecule has 3 N–H and O–H groups in total. The van der Waals surface area contributed by atoms with Gasteiger partial charge in [-0.05, 0) is 30.7 Å². The number of benzene rings is 2. The summed E-state index contributed by atoms with van der Waals surface area (Å²) in [5.41, 5.74) is 0.723. The van der Waals surface area contributed by atoms with Crippen molar-refractivity contribution in [2.24, 2.45) is 4.99 Å². The molecule has 1 aliphatic heterocycles. The minimum Gasteiger partial charge on any atom is -0.369 e. The van der Waals surface area contributed by atoms with Crippen molar-refractivity contribution in [1.29, 1.82) is 0 Å². The lowest BCUT2D eigenvalue weighted by Gasteiger charge is -2.20. The molecule has 0 aliphatic carbocycles. The number of amides is 1. The second-order valence-corrected chi connectivity index (χ2v) is 6.61. The van der Waals surface area contributed by atoms with E-state index in [0.717, 1.165) is 37.3 Å². The van der Waals surface area contributed by atoms with Gasteiger partial charge >= 0.3 is 0 Å². The number of carbonyl (C=O) groups is 1. The van der Waals surface area contributed by atoms with Crippen molar-refractivity contribution in [3.63, 3.8) is 0 Å². The van der Waals surface area contributed by atoms with Crippen molar-refractivity contribution in [2.75, 3.05) is 36.9 Å². The van der Waals surface area contributed by atoms with Gasteiger partial charge in [-0.1, -0.05) is 18.2 Å². The molecule has 2 aromatic rings. The summed E-state index contributed by atoms with van der Waals surface area (Å²) < 4.78 is 39.8. The maximum atomic E-state index is 13.6. The minimum atomic E-state index is -1.63. The normalized spacial score (nSPS) is 16.1. The molecular weight excluding hydrogens is 510 g/mol. The number of anilines is 2. The summed E-state index contributed by atoms with van der Waals surface area (Å²) in [4.78, 5) is 18.3. The number of para-hydroxylation sites is 1. The van der Waals surface area contributed by atoms with E-state index in [1.54, 1.807) is 7.05 Å². The molecular formula is C20H23F3IN5O. The molecule has 10 heteroatoms. The molecule has 1 aliphatic rings. The summed E-state index contributed by atoms with van der Waals surface area (Å²) in [7, 11) is 1.58. The van der Waals surface area contributed by atoms with E-state index >= 15 is 0 Å². The number of hydrogen-bond acceptors (Lipinski definition) is 3. The van der Waals surface area contributed by atoms with Crippen molar-refractivity contribution in [1.82, 2.24) is 10.6 Å². The first kappa shape index (κ1) is 23.8. The summed E-state index contributed by atoms with van der Waals surface area (Å²) >= 11 is 0. The third-order valence-corrected chi connectivity index (χ3v) is 4.60. The van der Waals surface area contributed by atoms with Crippen LogP contribution in [0, 0.1) is 17.5 Å². The monoisotopic (exact) mass is 533 g/mol. The zero-order chi connectivity index (χ0) is 20.8. The SMILES string of the molecule is CN=C(NCC(=O)Nc1ccc(F)c(F)c1F)NC1CCN(c2ccccc2)C1.I. The summed E-state index contributed by atoms with van der Waals surface area (Å²) in [6, 6.07) is 11.9. The Bertz CT molecular complexity index is 898. The molecule has 1 atom stereocenters. The highest BCUT2D eigenvalue weighted by Gasteiger charge is 2.23. The Morgan fingerprint density at radius 2 is 1.87 bits per heavy atom. The molecule has 2 aromatic carbocycles. The van der Waals surface area contributed by atoms with Crippen LogP contribution in [0.5, 0.6) is 0 Å². The van der Waals surface area contributed by atoms with Crippen molar-refractivity contribution >= 4 is 47.2 Å². The fourth-order valence-electron chi connectivity index (χ4n) is 3.12. The van der Waals surface area contributed by atoms with Crippen LogP contribution in [0.3, 0.4) is 0 Å². The second-order valence-electron chi connectivity index (χ2n) is 6.61. The average molecular weight is 533 g/mol. The van der Waals surface area contributed by atoms with E-state index < -0.39 is 29.0 Å². The fraction of sp³-hybridized carbons (Fsp3) is 0.300. The first-order chi connectivity index (χ1) is 14.0. The van der Waals surface area contributed by atoms with Gasteiger partial charge in [0.15, 0.2) is 23.4 Å². The smallest absolute Gasteiger partial charge is 0.243 e. The van der Waals surface area contributed by atoms with Crippen LogP contribution in [0.4, 0.5) is 24.5 Å².